The van der Waals surface area contributed by atoms with E-state index < -0.39 is 6.04 Å². The average molecular weight is 251 g/mol. The number of benzene rings is 1. The molecule has 1 aromatic carbocycles. The van der Waals surface area contributed by atoms with Gasteiger partial charge in [0.2, 0.25) is 0 Å². The zero-order valence-corrected chi connectivity index (χ0v) is 11.2. The minimum Gasteiger partial charge on any atom is -0.465 e. The van der Waals surface area contributed by atoms with Crippen molar-refractivity contribution < 1.29 is 14.3 Å². The maximum absolute atomic E-state index is 11.7. The molecule has 0 spiro atoms. The van der Waals surface area contributed by atoms with Crippen molar-refractivity contribution in [2.45, 2.75) is 25.9 Å². The number of carbonyl (C=O) groups excluding carboxylic acids is 1. The molecule has 100 valence electrons. The van der Waals surface area contributed by atoms with Crippen LogP contribution in [0, 0.1) is 0 Å². The number of nitrogens with one attached hydrogen (secondary N) is 1. The maximum Gasteiger partial charge on any atom is 0.325 e. The van der Waals surface area contributed by atoms with E-state index in [9.17, 15) is 4.79 Å². The first-order valence-electron chi connectivity index (χ1n) is 6.15. The minimum atomic E-state index is -0.440. The summed E-state index contributed by atoms with van der Waals surface area (Å²) in [5, 5.41) is 3.22. The zero-order valence-electron chi connectivity index (χ0n) is 11.2. The Morgan fingerprint density at radius 3 is 2.56 bits per heavy atom. The van der Waals surface area contributed by atoms with E-state index in [2.05, 4.69) is 5.32 Å². The molecule has 0 bridgehead atoms. The summed E-state index contributed by atoms with van der Waals surface area (Å²) in [6, 6.07) is 9.58. The summed E-state index contributed by atoms with van der Waals surface area (Å²) in [6.45, 7) is 4.48. The van der Waals surface area contributed by atoms with Gasteiger partial charge in [-0.3, -0.25) is 10.1 Å². The van der Waals surface area contributed by atoms with E-state index >= 15 is 0 Å². The molecule has 0 amide bonds. The molecule has 0 fully saturated rings. The molecule has 1 N–H and O–H groups in total. The SMILES string of the molecule is CCOC(=O)[C@@H](COC)N[C@@H](C)c1ccccc1. The van der Waals surface area contributed by atoms with Gasteiger partial charge in [0.1, 0.15) is 6.04 Å². The van der Waals surface area contributed by atoms with Gasteiger partial charge in [0.25, 0.3) is 0 Å². The highest BCUT2D eigenvalue weighted by molar-refractivity contribution is 5.76. The molecule has 4 heteroatoms. The van der Waals surface area contributed by atoms with E-state index in [1.807, 2.05) is 37.3 Å². The largest absolute Gasteiger partial charge is 0.465 e. The Morgan fingerprint density at radius 1 is 1.33 bits per heavy atom. The predicted molar refractivity (Wildman–Crippen MR) is 70.3 cm³/mol. The lowest BCUT2D eigenvalue weighted by Gasteiger charge is -2.21. The van der Waals surface area contributed by atoms with Crippen LogP contribution in [0.25, 0.3) is 0 Å². The van der Waals surface area contributed by atoms with Gasteiger partial charge in [-0.15, -0.1) is 0 Å². The molecular weight excluding hydrogens is 230 g/mol. The van der Waals surface area contributed by atoms with Crippen LogP contribution in [0.2, 0.25) is 0 Å². The monoisotopic (exact) mass is 251 g/mol. The number of hydrogen-bond donors (Lipinski definition) is 1. The highest BCUT2D eigenvalue weighted by Crippen LogP contribution is 2.12. The smallest absolute Gasteiger partial charge is 0.325 e. The van der Waals surface area contributed by atoms with Crippen molar-refractivity contribution >= 4 is 5.97 Å². The standard InChI is InChI=1S/C14H21NO3/c1-4-18-14(16)13(10-17-3)15-11(2)12-8-6-5-7-9-12/h5-9,11,13,15H,4,10H2,1-3H3/t11-,13+/m0/s1. The second kappa shape index (κ2) is 7.84. The van der Waals surface area contributed by atoms with Gasteiger partial charge in [0, 0.05) is 13.2 Å². The lowest BCUT2D eigenvalue weighted by atomic mass is 10.1. The number of ether oxygens (including phenoxy) is 2. The van der Waals surface area contributed by atoms with Crippen LogP contribution in [0.4, 0.5) is 0 Å². The van der Waals surface area contributed by atoms with Crippen molar-refractivity contribution in [1.82, 2.24) is 5.32 Å². The summed E-state index contributed by atoms with van der Waals surface area (Å²) in [5.41, 5.74) is 1.13. The molecule has 0 aliphatic heterocycles. The van der Waals surface area contributed by atoms with Gasteiger partial charge in [-0.1, -0.05) is 30.3 Å². The summed E-state index contributed by atoms with van der Waals surface area (Å²) in [5.74, 6) is -0.276. The van der Waals surface area contributed by atoms with Gasteiger partial charge in [-0.2, -0.15) is 0 Å². The first kappa shape index (κ1) is 14.7. The molecule has 0 unspecified atom stereocenters. The van der Waals surface area contributed by atoms with Crippen LogP contribution in [0.3, 0.4) is 0 Å². The second-order valence-corrected chi connectivity index (χ2v) is 4.06. The Kier molecular flexibility index (Phi) is 6.39. The van der Waals surface area contributed by atoms with Crippen LogP contribution in [0.15, 0.2) is 30.3 Å². The first-order valence-corrected chi connectivity index (χ1v) is 6.15. The summed E-state index contributed by atoms with van der Waals surface area (Å²) in [4.78, 5) is 11.7. The quantitative estimate of drug-likeness (QED) is 0.752. The van der Waals surface area contributed by atoms with E-state index in [1.54, 1.807) is 14.0 Å². The van der Waals surface area contributed by atoms with Crippen molar-refractivity contribution in [3.8, 4) is 0 Å². The topological polar surface area (TPSA) is 47.6 Å². The fourth-order valence-electron chi connectivity index (χ4n) is 1.73. The van der Waals surface area contributed by atoms with Crippen LogP contribution in [-0.4, -0.2) is 32.3 Å². The van der Waals surface area contributed by atoms with Gasteiger partial charge in [0.05, 0.1) is 13.2 Å². The van der Waals surface area contributed by atoms with Gasteiger partial charge in [-0.25, -0.2) is 0 Å². The fourth-order valence-corrected chi connectivity index (χ4v) is 1.73. The van der Waals surface area contributed by atoms with E-state index in [4.69, 9.17) is 9.47 Å². The highest BCUT2D eigenvalue weighted by Gasteiger charge is 2.21. The third-order valence-corrected chi connectivity index (χ3v) is 2.66. The molecule has 1 rings (SSSR count). The van der Waals surface area contributed by atoms with Gasteiger partial charge in [0.15, 0.2) is 0 Å². The number of hydrogen-bond acceptors (Lipinski definition) is 4. The third kappa shape index (κ3) is 4.47. The van der Waals surface area contributed by atoms with Crippen molar-refractivity contribution in [1.29, 1.82) is 0 Å². The fraction of sp³-hybridized carbons (Fsp3) is 0.500. The van der Waals surface area contributed by atoms with Crippen molar-refractivity contribution in [2.24, 2.45) is 0 Å². The van der Waals surface area contributed by atoms with Crippen molar-refractivity contribution in [3.05, 3.63) is 35.9 Å². The summed E-state index contributed by atoms with van der Waals surface area (Å²) < 4.78 is 10.1. The van der Waals surface area contributed by atoms with Gasteiger partial charge >= 0.3 is 5.97 Å². The van der Waals surface area contributed by atoms with E-state index in [1.165, 1.54) is 0 Å². The Morgan fingerprint density at radius 2 is 2.00 bits per heavy atom. The molecule has 0 saturated heterocycles. The maximum atomic E-state index is 11.7. The molecule has 0 saturated carbocycles. The summed E-state index contributed by atoms with van der Waals surface area (Å²) in [6.07, 6.45) is 0. The Hall–Kier alpha value is -1.39. The van der Waals surface area contributed by atoms with Gasteiger partial charge < -0.3 is 9.47 Å². The number of methoxy groups -OCH3 is 1. The van der Waals surface area contributed by atoms with E-state index in [-0.39, 0.29) is 12.0 Å². The predicted octanol–water partition coefficient (Wildman–Crippen LogP) is 1.92. The molecular formula is C14H21NO3. The Bertz CT molecular complexity index is 353. The van der Waals surface area contributed by atoms with Crippen molar-refractivity contribution in [3.63, 3.8) is 0 Å². The van der Waals surface area contributed by atoms with Gasteiger partial charge in [-0.05, 0) is 19.4 Å². The minimum absolute atomic E-state index is 0.0655. The Balaban J connectivity index is 2.63. The first-order chi connectivity index (χ1) is 8.69. The molecule has 0 aliphatic rings. The molecule has 2 atom stereocenters. The summed E-state index contributed by atoms with van der Waals surface area (Å²) >= 11 is 0. The normalized spacial score (nSPS) is 13.9. The number of carbonyl (C=O) groups is 1. The Labute approximate surface area is 108 Å². The molecule has 1 aromatic rings. The van der Waals surface area contributed by atoms with Crippen LogP contribution in [-0.2, 0) is 14.3 Å². The average Bonchev–Trinajstić information content (AvgIpc) is 2.39. The molecule has 4 nitrogen and oxygen atoms in total. The number of esters is 1. The van der Waals surface area contributed by atoms with Crippen molar-refractivity contribution in [2.75, 3.05) is 20.3 Å². The lowest BCUT2D eigenvalue weighted by molar-refractivity contribution is -0.147. The lowest BCUT2D eigenvalue weighted by Crippen LogP contribution is -2.42. The van der Waals surface area contributed by atoms with Crippen LogP contribution in [0.1, 0.15) is 25.5 Å². The molecule has 0 heterocycles. The van der Waals surface area contributed by atoms with Crippen LogP contribution in [0.5, 0.6) is 0 Å². The number of rotatable bonds is 7. The zero-order chi connectivity index (χ0) is 13.4. The second-order valence-electron chi connectivity index (χ2n) is 4.06. The summed E-state index contributed by atoms with van der Waals surface area (Å²) in [7, 11) is 1.57. The van der Waals surface area contributed by atoms with Crippen LogP contribution >= 0.6 is 0 Å². The van der Waals surface area contributed by atoms with E-state index in [0.717, 1.165) is 5.56 Å². The molecule has 18 heavy (non-hydrogen) atoms. The van der Waals surface area contributed by atoms with E-state index in [0.29, 0.717) is 13.2 Å². The molecule has 0 aromatic heterocycles. The highest BCUT2D eigenvalue weighted by atomic mass is 16.5. The molecule has 0 radical (unpaired) electrons. The van der Waals surface area contributed by atoms with Crippen LogP contribution < -0.4 is 5.32 Å². The third-order valence-electron chi connectivity index (χ3n) is 2.66. The molecule has 0 aliphatic carbocycles.